The predicted octanol–water partition coefficient (Wildman–Crippen LogP) is 10.0. The van der Waals surface area contributed by atoms with E-state index >= 15 is 0 Å². The Hall–Kier alpha value is -2.72. The third kappa shape index (κ3) is 4.85. The lowest BCUT2D eigenvalue weighted by Crippen LogP contribution is -2.68. The van der Waals surface area contributed by atoms with Crippen molar-refractivity contribution >= 4 is 11.5 Å². The summed E-state index contributed by atoms with van der Waals surface area (Å²) in [6.07, 6.45) is 19.0. The van der Waals surface area contributed by atoms with Crippen LogP contribution in [0.5, 0.6) is 0 Å². The van der Waals surface area contributed by atoms with E-state index in [-0.39, 0.29) is 16.4 Å². The number of fused-ring (bicyclic) bond motifs is 7. The third-order valence-electron chi connectivity index (χ3n) is 15.7. The number of carboxylic acids is 1. The Morgan fingerprint density at radius 3 is 2.30 bits per heavy atom. The number of pyridine rings is 1. The molecular formula is C43H58N2O2. The van der Waals surface area contributed by atoms with Crippen LogP contribution in [0.3, 0.4) is 0 Å². The summed E-state index contributed by atoms with van der Waals surface area (Å²) in [7, 11) is 0. The van der Waals surface area contributed by atoms with Crippen molar-refractivity contribution in [2.75, 3.05) is 6.54 Å². The van der Waals surface area contributed by atoms with Crippen LogP contribution in [0, 0.1) is 51.2 Å². The molecule has 0 aliphatic heterocycles. The van der Waals surface area contributed by atoms with E-state index in [9.17, 15) is 9.90 Å². The van der Waals surface area contributed by atoms with Gasteiger partial charge >= 0.3 is 5.97 Å². The van der Waals surface area contributed by atoms with Crippen LogP contribution in [0.4, 0.5) is 0 Å². The highest BCUT2D eigenvalue weighted by molar-refractivity contribution is 5.88. The van der Waals surface area contributed by atoms with Crippen LogP contribution in [0.2, 0.25) is 0 Å². The number of aromatic nitrogens is 1. The van der Waals surface area contributed by atoms with Crippen molar-refractivity contribution < 1.29 is 9.90 Å². The lowest BCUT2D eigenvalue weighted by atomic mass is 9.33. The number of benzene rings is 1. The fraction of sp³-hybridized carbons (Fsp3) is 0.628. The molecule has 9 atom stereocenters. The highest BCUT2D eigenvalue weighted by Gasteiger charge is 2.70. The molecule has 7 unspecified atom stereocenters. The molecule has 47 heavy (non-hydrogen) atoms. The van der Waals surface area contributed by atoms with Crippen molar-refractivity contribution in [3.05, 3.63) is 83.7 Å². The first-order valence-corrected chi connectivity index (χ1v) is 18.6. The molecule has 1 heterocycles. The number of carbonyl (C=O) groups is 1. The average molecular weight is 635 g/mol. The fourth-order valence-corrected chi connectivity index (χ4v) is 13.3. The minimum Gasteiger partial charge on any atom is -0.478 e. The smallest absolute Gasteiger partial charge is 0.335 e. The van der Waals surface area contributed by atoms with E-state index in [0.29, 0.717) is 40.1 Å². The minimum atomic E-state index is -0.857. The van der Waals surface area contributed by atoms with Gasteiger partial charge in [0.1, 0.15) is 0 Å². The van der Waals surface area contributed by atoms with Gasteiger partial charge in [-0.2, -0.15) is 0 Å². The second-order valence-electron chi connectivity index (χ2n) is 17.8. The van der Waals surface area contributed by atoms with Gasteiger partial charge in [0.15, 0.2) is 0 Å². The summed E-state index contributed by atoms with van der Waals surface area (Å²) >= 11 is 0. The van der Waals surface area contributed by atoms with Gasteiger partial charge in [-0.15, -0.1) is 0 Å². The molecule has 5 aliphatic carbocycles. The topological polar surface area (TPSA) is 62.2 Å². The first kappa shape index (κ1) is 32.8. The average Bonchev–Trinajstić information content (AvgIpc) is 3.42. The number of allylic oxidation sites excluding steroid dienone is 3. The van der Waals surface area contributed by atoms with Gasteiger partial charge in [-0.25, -0.2) is 4.79 Å². The highest BCUT2D eigenvalue weighted by atomic mass is 16.4. The van der Waals surface area contributed by atoms with E-state index in [1.165, 1.54) is 73.6 Å². The van der Waals surface area contributed by atoms with Crippen molar-refractivity contribution in [3.63, 3.8) is 0 Å². The van der Waals surface area contributed by atoms with Crippen LogP contribution in [-0.2, 0) is 6.42 Å². The molecule has 2 aromatic rings. The number of carboxylic acid groups (broad SMARTS) is 1. The van der Waals surface area contributed by atoms with Crippen molar-refractivity contribution in [3.8, 4) is 0 Å². The molecule has 4 fully saturated rings. The van der Waals surface area contributed by atoms with Crippen molar-refractivity contribution in [1.29, 1.82) is 0 Å². The summed E-state index contributed by atoms with van der Waals surface area (Å²) in [5.41, 5.74) is 6.91. The molecule has 4 nitrogen and oxygen atoms in total. The lowest BCUT2D eigenvalue weighted by molar-refractivity contribution is -0.219. The van der Waals surface area contributed by atoms with Gasteiger partial charge in [0.25, 0.3) is 0 Å². The Labute approximate surface area is 283 Å². The fourth-order valence-electron chi connectivity index (χ4n) is 13.3. The van der Waals surface area contributed by atoms with Gasteiger partial charge < -0.3 is 10.4 Å². The number of hydrogen-bond acceptors (Lipinski definition) is 3. The summed E-state index contributed by atoms with van der Waals surface area (Å²) in [5, 5.41) is 13.7. The van der Waals surface area contributed by atoms with Crippen LogP contribution in [-0.4, -0.2) is 28.1 Å². The normalized spacial score (nSPS) is 40.3. The first-order valence-electron chi connectivity index (χ1n) is 18.6. The largest absolute Gasteiger partial charge is 0.478 e. The Morgan fingerprint density at radius 2 is 1.62 bits per heavy atom. The van der Waals surface area contributed by atoms with Crippen LogP contribution in [0.15, 0.2) is 67.0 Å². The maximum Gasteiger partial charge on any atom is 0.335 e. The molecule has 0 radical (unpaired) electrons. The van der Waals surface area contributed by atoms with Crippen LogP contribution in [0.25, 0.3) is 5.57 Å². The molecule has 7 rings (SSSR count). The van der Waals surface area contributed by atoms with Gasteiger partial charge in [-0.1, -0.05) is 65.0 Å². The van der Waals surface area contributed by atoms with E-state index in [2.05, 4.69) is 76.6 Å². The maximum atomic E-state index is 11.5. The zero-order chi connectivity index (χ0) is 33.4. The summed E-state index contributed by atoms with van der Waals surface area (Å²) in [4.78, 5) is 15.8. The van der Waals surface area contributed by atoms with Crippen molar-refractivity contribution in [2.24, 2.45) is 51.2 Å². The lowest BCUT2D eigenvalue weighted by Gasteiger charge is -2.72. The third-order valence-corrected chi connectivity index (χ3v) is 15.7. The van der Waals surface area contributed by atoms with Crippen LogP contribution >= 0.6 is 0 Å². The maximum absolute atomic E-state index is 11.5. The van der Waals surface area contributed by atoms with E-state index < -0.39 is 5.97 Å². The highest BCUT2D eigenvalue weighted by Crippen LogP contribution is 2.76. The first-order chi connectivity index (χ1) is 22.3. The number of rotatable bonds is 7. The van der Waals surface area contributed by atoms with Crippen molar-refractivity contribution in [2.45, 2.75) is 111 Å². The van der Waals surface area contributed by atoms with Crippen LogP contribution in [0.1, 0.15) is 121 Å². The standard InChI is InChI=1S/C43H58N2O2/c1-28(2)32-14-22-43(45-27-19-29-17-25-44-26-18-29)24-23-41(6)34(37(32)43)12-13-36-40(5)20-15-33(30-8-10-31(11-9-30)38(46)47)39(3,4)35(40)16-21-42(36,41)7/h8-11,15,17-18,25-26,32,34-37,45H,1,12-14,16,19-24,27H2,2-7H3,(H,46,47)/t32-,34?,35?,36?,37?,40?,41+,42?,43?/m0/s1. The van der Waals surface area contributed by atoms with Crippen molar-refractivity contribution in [1.82, 2.24) is 10.3 Å². The number of aromatic carboxylic acids is 1. The van der Waals surface area contributed by atoms with Gasteiger partial charge in [-0.05, 0) is 170 Å². The number of nitrogens with zero attached hydrogens (tertiary/aromatic N) is 1. The summed E-state index contributed by atoms with van der Waals surface area (Å²) in [5.74, 6) is 2.47. The summed E-state index contributed by atoms with van der Waals surface area (Å²) < 4.78 is 0. The van der Waals surface area contributed by atoms with E-state index in [4.69, 9.17) is 0 Å². The molecule has 0 amide bonds. The molecule has 2 N–H and O–H groups in total. The minimum absolute atomic E-state index is 0.0355. The number of hydrogen-bond donors (Lipinski definition) is 2. The van der Waals surface area contributed by atoms with E-state index in [0.717, 1.165) is 25.3 Å². The van der Waals surface area contributed by atoms with Gasteiger partial charge in [0.2, 0.25) is 0 Å². The molecular weight excluding hydrogens is 576 g/mol. The quantitative estimate of drug-likeness (QED) is 0.298. The Bertz CT molecular complexity index is 1560. The Balaban J connectivity index is 1.18. The molecule has 0 spiro atoms. The Morgan fingerprint density at radius 1 is 0.894 bits per heavy atom. The SMILES string of the molecule is C=C(C)[C@@H]1CCC2(NCCc3ccncc3)CC[C@]3(C)C(CCC4C5(C)CC=C(c6ccc(C(=O)O)cc6)C(C)(C)C5CCC43C)C12. The monoisotopic (exact) mass is 634 g/mol. The molecule has 1 aromatic heterocycles. The summed E-state index contributed by atoms with van der Waals surface area (Å²) in [6.45, 7) is 21.0. The predicted molar refractivity (Wildman–Crippen MR) is 192 cm³/mol. The zero-order valence-corrected chi connectivity index (χ0v) is 29.9. The molecule has 4 saturated carbocycles. The molecule has 252 valence electrons. The molecule has 1 aromatic carbocycles. The number of nitrogens with one attached hydrogen (secondary N) is 1. The van der Waals surface area contributed by atoms with Gasteiger partial charge in [-0.3, -0.25) is 4.98 Å². The van der Waals surface area contributed by atoms with E-state index in [1.807, 2.05) is 24.5 Å². The summed E-state index contributed by atoms with van der Waals surface area (Å²) in [6, 6.07) is 12.0. The Kier molecular flexibility index (Phi) is 7.98. The van der Waals surface area contributed by atoms with Gasteiger partial charge in [0, 0.05) is 17.9 Å². The molecule has 0 bridgehead atoms. The second-order valence-corrected chi connectivity index (χ2v) is 17.8. The molecule has 4 heteroatoms. The molecule has 5 aliphatic rings. The second kappa shape index (κ2) is 11.4. The molecule has 0 saturated heterocycles. The van der Waals surface area contributed by atoms with E-state index in [1.54, 1.807) is 12.1 Å². The van der Waals surface area contributed by atoms with Crippen LogP contribution < -0.4 is 5.32 Å². The van der Waals surface area contributed by atoms with Gasteiger partial charge in [0.05, 0.1) is 5.56 Å². The zero-order valence-electron chi connectivity index (χ0n) is 29.9.